The quantitative estimate of drug-likeness (QED) is 0.842. The lowest BCUT2D eigenvalue weighted by Gasteiger charge is -2.11. The molecule has 1 aliphatic rings. The number of halogens is 1. The molecule has 0 spiro atoms. The standard InChI is InChI=1S/C9H11BrN2O4S2/c10-7-3-9(5-11-4-7)18(15,16)12-8-1-2-17(13,14)6-8/h3-5,8,12H,1-2,6H2. The fraction of sp³-hybridized carbons (Fsp3) is 0.444. The molecule has 100 valence electrons. The summed E-state index contributed by atoms with van der Waals surface area (Å²) in [5.74, 6) is -0.120. The maximum absolute atomic E-state index is 12.0. The van der Waals surface area contributed by atoms with Crippen LogP contribution in [0.2, 0.25) is 0 Å². The first kappa shape index (κ1) is 13.9. The number of nitrogens with zero attached hydrogens (tertiary/aromatic N) is 1. The molecule has 9 heteroatoms. The molecule has 0 aromatic carbocycles. The van der Waals surface area contributed by atoms with Gasteiger partial charge in [-0.1, -0.05) is 0 Å². The average molecular weight is 355 g/mol. The predicted octanol–water partition coefficient (Wildman–Crippen LogP) is 0.310. The van der Waals surface area contributed by atoms with E-state index in [9.17, 15) is 16.8 Å². The minimum atomic E-state index is -3.72. The first-order chi connectivity index (χ1) is 8.28. The molecule has 18 heavy (non-hydrogen) atoms. The lowest BCUT2D eigenvalue weighted by molar-refractivity contribution is 0.562. The highest BCUT2D eigenvalue weighted by molar-refractivity contribution is 9.10. The van der Waals surface area contributed by atoms with E-state index >= 15 is 0 Å². The first-order valence-corrected chi connectivity index (χ1v) is 9.22. The minimum absolute atomic E-state index is 0.0150. The van der Waals surface area contributed by atoms with E-state index in [1.54, 1.807) is 0 Å². The Morgan fingerprint density at radius 2 is 2.11 bits per heavy atom. The van der Waals surface area contributed by atoms with Crippen molar-refractivity contribution in [2.24, 2.45) is 0 Å². The van der Waals surface area contributed by atoms with Crippen LogP contribution in [0.5, 0.6) is 0 Å². The second-order valence-electron chi connectivity index (χ2n) is 4.06. The molecule has 1 saturated heterocycles. The zero-order valence-corrected chi connectivity index (χ0v) is 12.4. The Bertz CT molecular complexity index is 657. The highest BCUT2D eigenvalue weighted by atomic mass is 79.9. The molecule has 6 nitrogen and oxygen atoms in total. The van der Waals surface area contributed by atoms with Gasteiger partial charge in [0, 0.05) is 22.9 Å². The number of sulfonamides is 1. The van der Waals surface area contributed by atoms with Crippen LogP contribution in [-0.2, 0) is 19.9 Å². The van der Waals surface area contributed by atoms with E-state index < -0.39 is 25.9 Å². The van der Waals surface area contributed by atoms with Gasteiger partial charge < -0.3 is 0 Å². The van der Waals surface area contributed by atoms with E-state index in [0.717, 1.165) is 0 Å². The predicted molar refractivity (Wildman–Crippen MR) is 69.3 cm³/mol. The zero-order chi connectivity index (χ0) is 13.4. The Labute approximate surface area is 114 Å². The van der Waals surface area contributed by atoms with Gasteiger partial charge in [-0.2, -0.15) is 0 Å². The number of sulfone groups is 1. The molecule has 1 N–H and O–H groups in total. The molecule has 0 bridgehead atoms. The van der Waals surface area contributed by atoms with E-state index in [2.05, 4.69) is 25.6 Å². The van der Waals surface area contributed by atoms with Crippen molar-refractivity contribution < 1.29 is 16.8 Å². The second kappa shape index (κ2) is 4.87. The largest absolute Gasteiger partial charge is 0.262 e. The van der Waals surface area contributed by atoms with E-state index in [1.165, 1.54) is 18.5 Å². The Morgan fingerprint density at radius 1 is 1.39 bits per heavy atom. The van der Waals surface area contributed by atoms with Crippen molar-refractivity contribution in [2.45, 2.75) is 17.4 Å². The molecule has 2 heterocycles. The number of hydrogen-bond donors (Lipinski definition) is 1. The van der Waals surface area contributed by atoms with Gasteiger partial charge in [0.15, 0.2) is 9.84 Å². The summed E-state index contributed by atoms with van der Waals surface area (Å²) in [6.07, 6.45) is 3.00. The number of aromatic nitrogens is 1. The molecular weight excluding hydrogens is 344 g/mol. The molecule has 0 aliphatic carbocycles. The van der Waals surface area contributed by atoms with Crippen LogP contribution in [-0.4, -0.2) is 39.4 Å². The van der Waals surface area contributed by atoms with E-state index in [1.807, 2.05) is 0 Å². The molecule has 2 rings (SSSR count). The van der Waals surface area contributed by atoms with Gasteiger partial charge in [0.1, 0.15) is 4.90 Å². The summed E-state index contributed by atoms with van der Waals surface area (Å²) in [5, 5.41) is 0. The Morgan fingerprint density at radius 3 is 2.67 bits per heavy atom. The first-order valence-electron chi connectivity index (χ1n) is 5.12. The molecule has 0 saturated carbocycles. The normalized spacial score (nSPS) is 23.1. The molecule has 1 aromatic rings. The third-order valence-electron chi connectivity index (χ3n) is 2.54. The van der Waals surface area contributed by atoms with Gasteiger partial charge in [-0.05, 0) is 28.4 Å². The molecule has 0 radical (unpaired) electrons. The molecule has 1 atom stereocenters. The number of pyridine rings is 1. The maximum atomic E-state index is 12.0. The average Bonchev–Trinajstić information content (AvgIpc) is 2.57. The summed E-state index contributed by atoms with van der Waals surface area (Å²) in [6.45, 7) is 0. The van der Waals surface area contributed by atoms with Crippen molar-refractivity contribution in [3.63, 3.8) is 0 Å². The van der Waals surface area contributed by atoms with Crippen LogP contribution in [0.15, 0.2) is 27.8 Å². The fourth-order valence-corrected chi connectivity index (χ4v) is 5.27. The highest BCUT2D eigenvalue weighted by Gasteiger charge is 2.31. The summed E-state index contributed by atoms with van der Waals surface area (Å²) >= 11 is 3.13. The van der Waals surface area contributed by atoms with Gasteiger partial charge in [0.05, 0.1) is 11.5 Å². The summed E-state index contributed by atoms with van der Waals surface area (Å²) in [6, 6.07) is 0.859. The lowest BCUT2D eigenvalue weighted by atomic mass is 10.3. The van der Waals surface area contributed by atoms with Gasteiger partial charge in [-0.25, -0.2) is 21.6 Å². The van der Waals surface area contributed by atoms with Gasteiger partial charge in [0.25, 0.3) is 0 Å². The topological polar surface area (TPSA) is 93.2 Å². The number of nitrogens with one attached hydrogen (secondary N) is 1. The molecule has 1 aliphatic heterocycles. The van der Waals surface area contributed by atoms with Crippen molar-refractivity contribution in [3.8, 4) is 0 Å². The van der Waals surface area contributed by atoms with Crippen molar-refractivity contribution in [1.82, 2.24) is 9.71 Å². The van der Waals surface area contributed by atoms with Crippen molar-refractivity contribution in [1.29, 1.82) is 0 Å². The molecule has 0 amide bonds. The van der Waals surface area contributed by atoms with Crippen LogP contribution in [0, 0.1) is 0 Å². The van der Waals surface area contributed by atoms with Crippen LogP contribution in [0.25, 0.3) is 0 Å². The Kier molecular flexibility index (Phi) is 3.77. The van der Waals surface area contributed by atoms with Crippen molar-refractivity contribution in [2.75, 3.05) is 11.5 Å². The van der Waals surface area contributed by atoms with Crippen molar-refractivity contribution >= 4 is 35.8 Å². The summed E-state index contributed by atoms with van der Waals surface area (Å²) < 4.78 is 49.4. The number of hydrogen-bond acceptors (Lipinski definition) is 5. The van der Waals surface area contributed by atoms with E-state index in [4.69, 9.17) is 0 Å². The minimum Gasteiger partial charge on any atom is -0.262 e. The Balaban J connectivity index is 2.18. The fourth-order valence-electron chi connectivity index (χ4n) is 1.71. The monoisotopic (exact) mass is 354 g/mol. The second-order valence-corrected chi connectivity index (χ2v) is 8.92. The lowest BCUT2D eigenvalue weighted by Crippen LogP contribution is -2.35. The van der Waals surface area contributed by atoms with Crippen molar-refractivity contribution in [3.05, 3.63) is 22.9 Å². The molecule has 1 aromatic heterocycles. The van der Waals surface area contributed by atoms with E-state index in [0.29, 0.717) is 10.9 Å². The SMILES string of the molecule is O=S1(=O)CCC(NS(=O)(=O)c2cncc(Br)c2)C1. The maximum Gasteiger partial charge on any atom is 0.242 e. The highest BCUT2D eigenvalue weighted by Crippen LogP contribution is 2.17. The molecular formula is C9H11BrN2O4S2. The zero-order valence-electron chi connectivity index (χ0n) is 9.21. The Hall–Kier alpha value is -0.510. The van der Waals surface area contributed by atoms with Gasteiger partial charge >= 0.3 is 0 Å². The summed E-state index contributed by atoms with van der Waals surface area (Å²) in [4.78, 5) is 3.78. The van der Waals surface area contributed by atoms with Gasteiger partial charge in [-0.3, -0.25) is 4.98 Å². The van der Waals surface area contributed by atoms with Crippen LogP contribution >= 0.6 is 15.9 Å². The summed E-state index contributed by atoms with van der Waals surface area (Å²) in [7, 11) is -6.83. The van der Waals surface area contributed by atoms with Crippen LogP contribution < -0.4 is 4.72 Å². The third kappa shape index (κ3) is 3.28. The van der Waals surface area contributed by atoms with Gasteiger partial charge in [0.2, 0.25) is 10.0 Å². The van der Waals surface area contributed by atoms with Crippen LogP contribution in [0.1, 0.15) is 6.42 Å². The van der Waals surface area contributed by atoms with Crippen LogP contribution in [0.3, 0.4) is 0 Å². The van der Waals surface area contributed by atoms with E-state index in [-0.39, 0.29) is 16.4 Å². The number of rotatable bonds is 3. The molecule has 1 unspecified atom stereocenters. The summed E-state index contributed by atoms with van der Waals surface area (Å²) in [5.41, 5.74) is 0. The third-order valence-corrected chi connectivity index (χ3v) is 6.23. The smallest absolute Gasteiger partial charge is 0.242 e. The molecule has 1 fully saturated rings. The van der Waals surface area contributed by atoms with Crippen LogP contribution in [0.4, 0.5) is 0 Å². The van der Waals surface area contributed by atoms with Gasteiger partial charge in [-0.15, -0.1) is 0 Å².